The second kappa shape index (κ2) is 8.04. The fraction of sp³-hybridized carbons (Fsp3) is 1.00. The molecule has 0 fully saturated rings. The maximum Gasteiger partial charge on any atom is 0.356 e. The van der Waals surface area contributed by atoms with Gasteiger partial charge in [0.05, 0.1) is 0 Å². The Morgan fingerprint density at radius 1 is 0.778 bits per heavy atom. The molecule has 1 atom stereocenters. The standard InChI is InChI=1S/C12H27NO5/c1-7-15-11(14,13(5)6)12(16-8-2,17-9-3)18-10-4/h14H,7-10H2,1-6H3. The van der Waals surface area contributed by atoms with Crippen LogP contribution < -0.4 is 0 Å². The largest absolute Gasteiger partial charge is 0.356 e. The van der Waals surface area contributed by atoms with Crippen molar-refractivity contribution < 1.29 is 24.1 Å². The van der Waals surface area contributed by atoms with Crippen molar-refractivity contribution in [2.45, 2.75) is 39.6 Å². The van der Waals surface area contributed by atoms with Crippen molar-refractivity contribution in [3.05, 3.63) is 0 Å². The summed E-state index contributed by atoms with van der Waals surface area (Å²) < 4.78 is 22.0. The van der Waals surface area contributed by atoms with E-state index in [1.807, 2.05) is 0 Å². The van der Waals surface area contributed by atoms with Gasteiger partial charge in [0.15, 0.2) is 0 Å². The predicted molar refractivity (Wildman–Crippen MR) is 67.9 cm³/mol. The van der Waals surface area contributed by atoms with Gasteiger partial charge in [-0.1, -0.05) is 0 Å². The normalized spacial score (nSPS) is 16.0. The predicted octanol–water partition coefficient (Wildman–Crippen LogP) is 0.994. The lowest BCUT2D eigenvalue weighted by molar-refractivity contribution is -0.518. The minimum Gasteiger partial charge on any atom is -0.347 e. The highest BCUT2D eigenvalue weighted by atomic mass is 16.9. The number of rotatable bonds is 10. The van der Waals surface area contributed by atoms with Crippen LogP contribution in [-0.2, 0) is 18.9 Å². The van der Waals surface area contributed by atoms with Gasteiger partial charge in [-0.2, -0.15) is 0 Å². The van der Waals surface area contributed by atoms with E-state index in [-0.39, 0.29) is 0 Å². The SMILES string of the molecule is CCOC(OCC)(OCC)C(O)(OCC)N(C)C. The Balaban J connectivity index is 5.42. The van der Waals surface area contributed by atoms with Crippen LogP contribution in [0.3, 0.4) is 0 Å². The summed E-state index contributed by atoms with van der Waals surface area (Å²) in [5.74, 6) is -3.48. The van der Waals surface area contributed by atoms with Crippen molar-refractivity contribution >= 4 is 0 Å². The monoisotopic (exact) mass is 265 g/mol. The van der Waals surface area contributed by atoms with Crippen molar-refractivity contribution in [2.24, 2.45) is 0 Å². The van der Waals surface area contributed by atoms with Crippen LogP contribution in [0.2, 0.25) is 0 Å². The molecule has 110 valence electrons. The van der Waals surface area contributed by atoms with Crippen LogP contribution in [0.5, 0.6) is 0 Å². The number of likely N-dealkylation sites (N-methyl/N-ethyl adjacent to an activating group) is 1. The topological polar surface area (TPSA) is 60.4 Å². The minimum absolute atomic E-state index is 0.295. The van der Waals surface area contributed by atoms with Crippen molar-refractivity contribution in [1.82, 2.24) is 4.90 Å². The van der Waals surface area contributed by atoms with Crippen LogP contribution in [0, 0.1) is 0 Å². The van der Waals surface area contributed by atoms with E-state index in [1.165, 1.54) is 4.90 Å². The quantitative estimate of drug-likeness (QED) is 0.595. The second-order valence-corrected chi connectivity index (χ2v) is 3.79. The van der Waals surface area contributed by atoms with Gasteiger partial charge in [-0.05, 0) is 41.8 Å². The average molecular weight is 265 g/mol. The Labute approximate surface area is 110 Å². The first-order chi connectivity index (χ1) is 8.44. The van der Waals surface area contributed by atoms with Gasteiger partial charge in [0.2, 0.25) is 0 Å². The van der Waals surface area contributed by atoms with Crippen LogP contribution in [0.4, 0.5) is 0 Å². The van der Waals surface area contributed by atoms with Crippen LogP contribution in [0.1, 0.15) is 27.7 Å². The van der Waals surface area contributed by atoms with Gasteiger partial charge in [0, 0.05) is 26.4 Å². The lowest BCUT2D eigenvalue weighted by Gasteiger charge is -2.46. The molecule has 0 radical (unpaired) electrons. The molecule has 6 heteroatoms. The van der Waals surface area contributed by atoms with E-state index in [4.69, 9.17) is 18.9 Å². The molecule has 6 nitrogen and oxygen atoms in total. The number of hydrogen-bond donors (Lipinski definition) is 1. The maximum atomic E-state index is 10.7. The highest BCUT2D eigenvalue weighted by molar-refractivity contribution is 4.78. The Bertz CT molecular complexity index is 207. The molecule has 0 rings (SSSR count). The highest BCUT2D eigenvalue weighted by Gasteiger charge is 2.58. The lowest BCUT2D eigenvalue weighted by atomic mass is 10.3. The highest BCUT2D eigenvalue weighted by Crippen LogP contribution is 2.32. The molecule has 0 aliphatic rings. The molecule has 0 saturated heterocycles. The molecule has 18 heavy (non-hydrogen) atoms. The van der Waals surface area contributed by atoms with E-state index >= 15 is 0 Å². The van der Waals surface area contributed by atoms with Gasteiger partial charge in [0.1, 0.15) is 0 Å². The summed E-state index contributed by atoms with van der Waals surface area (Å²) in [6, 6.07) is 0. The first-order valence-electron chi connectivity index (χ1n) is 6.39. The lowest BCUT2D eigenvalue weighted by Crippen LogP contribution is -2.67. The van der Waals surface area contributed by atoms with Crippen molar-refractivity contribution in [3.8, 4) is 0 Å². The van der Waals surface area contributed by atoms with Crippen molar-refractivity contribution in [3.63, 3.8) is 0 Å². The maximum absolute atomic E-state index is 10.7. The summed E-state index contributed by atoms with van der Waals surface area (Å²) in [7, 11) is 3.34. The third-order valence-corrected chi connectivity index (χ3v) is 2.35. The van der Waals surface area contributed by atoms with Crippen LogP contribution in [0.25, 0.3) is 0 Å². The van der Waals surface area contributed by atoms with Gasteiger partial charge >= 0.3 is 11.9 Å². The Morgan fingerprint density at radius 2 is 1.11 bits per heavy atom. The molecule has 0 aliphatic carbocycles. The smallest absolute Gasteiger partial charge is 0.347 e. The molecule has 0 amide bonds. The molecule has 0 aromatic carbocycles. The van der Waals surface area contributed by atoms with Crippen LogP contribution in [-0.4, -0.2) is 62.4 Å². The number of hydrogen-bond acceptors (Lipinski definition) is 6. The molecular weight excluding hydrogens is 238 g/mol. The van der Waals surface area contributed by atoms with Crippen molar-refractivity contribution in [1.29, 1.82) is 0 Å². The molecule has 1 N–H and O–H groups in total. The second-order valence-electron chi connectivity index (χ2n) is 3.79. The summed E-state index contributed by atoms with van der Waals surface area (Å²) in [6.45, 7) is 8.45. The van der Waals surface area contributed by atoms with E-state index in [9.17, 15) is 5.11 Å². The summed E-state index contributed by atoms with van der Waals surface area (Å²) in [6.07, 6.45) is 0. The van der Waals surface area contributed by atoms with Crippen LogP contribution >= 0.6 is 0 Å². The first-order valence-corrected chi connectivity index (χ1v) is 6.39. The van der Waals surface area contributed by atoms with Gasteiger partial charge in [-0.3, -0.25) is 4.90 Å². The summed E-state index contributed by atoms with van der Waals surface area (Å²) >= 11 is 0. The van der Waals surface area contributed by atoms with Gasteiger partial charge in [-0.15, -0.1) is 0 Å². The third-order valence-electron chi connectivity index (χ3n) is 2.35. The third kappa shape index (κ3) is 3.63. The Hall–Kier alpha value is -0.240. The van der Waals surface area contributed by atoms with Gasteiger partial charge in [-0.25, -0.2) is 0 Å². The first kappa shape index (κ1) is 17.8. The molecular formula is C12H27NO5. The molecule has 0 spiro atoms. The zero-order valence-electron chi connectivity index (χ0n) is 12.4. The number of aliphatic hydroxyl groups is 1. The Morgan fingerprint density at radius 3 is 1.33 bits per heavy atom. The van der Waals surface area contributed by atoms with Crippen LogP contribution in [0.15, 0.2) is 0 Å². The fourth-order valence-corrected chi connectivity index (χ4v) is 1.67. The molecule has 0 aliphatic heterocycles. The van der Waals surface area contributed by atoms with E-state index in [1.54, 1.807) is 41.8 Å². The average Bonchev–Trinajstić information content (AvgIpc) is 2.29. The minimum atomic E-state index is -1.82. The summed E-state index contributed by atoms with van der Waals surface area (Å²) in [4.78, 5) is 1.47. The zero-order valence-corrected chi connectivity index (χ0v) is 12.4. The molecule has 0 heterocycles. The van der Waals surface area contributed by atoms with E-state index < -0.39 is 11.9 Å². The molecule has 0 bridgehead atoms. The summed E-state index contributed by atoms with van der Waals surface area (Å²) in [5, 5.41) is 10.7. The molecule has 0 aromatic heterocycles. The fourth-order valence-electron chi connectivity index (χ4n) is 1.67. The van der Waals surface area contributed by atoms with Gasteiger partial charge < -0.3 is 24.1 Å². The van der Waals surface area contributed by atoms with E-state index in [2.05, 4.69) is 0 Å². The van der Waals surface area contributed by atoms with E-state index in [0.717, 1.165) is 0 Å². The molecule has 1 unspecified atom stereocenters. The summed E-state index contributed by atoms with van der Waals surface area (Å²) in [5.41, 5.74) is 0. The molecule has 0 aromatic rings. The molecule has 0 saturated carbocycles. The Kier molecular flexibility index (Phi) is 7.93. The van der Waals surface area contributed by atoms with Crippen molar-refractivity contribution in [2.75, 3.05) is 40.5 Å². The van der Waals surface area contributed by atoms with Gasteiger partial charge in [0.25, 0.3) is 0 Å². The number of nitrogens with zero attached hydrogens (tertiary/aromatic N) is 1. The number of ether oxygens (including phenoxy) is 4. The zero-order chi connectivity index (χ0) is 14.2. The van der Waals surface area contributed by atoms with E-state index in [0.29, 0.717) is 26.4 Å².